The number of nitrogens with two attached hydrogens (primary N) is 2. The van der Waals surface area contributed by atoms with Gasteiger partial charge in [-0.05, 0) is 60.6 Å². The van der Waals surface area contributed by atoms with Crippen LogP contribution >= 0.6 is 24.8 Å². The smallest absolute Gasteiger partial charge is 0.0585 e. The molecule has 3 aromatic rings. The highest BCUT2D eigenvalue weighted by Crippen LogP contribution is 2.33. The predicted octanol–water partition coefficient (Wildman–Crippen LogP) is 4.58. The fraction of sp³-hybridized carbons (Fsp3) is 0.538. The number of nitrogens with zero attached hydrogens (tertiary/aromatic N) is 1. The molecule has 5 nitrogen and oxygen atoms in total. The number of halogens is 2. The Kier molecular flexibility index (Phi) is 12.7. The van der Waals surface area contributed by atoms with Gasteiger partial charge in [-0.25, -0.2) is 0 Å². The first-order chi connectivity index (χ1) is 15.0. The fourth-order valence-corrected chi connectivity index (χ4v) is 4.56. The average Bonchev–Trinajstić information content (AvgIpc) is 3.08. The zero-order chi connectivity index (χ0) is 22.4. The molecule has 7 heteroatoms. The van der Waals surface area contributed by atoms with Gasteiger partial charge < -0.3 is 26.2 Å². The average molecular weight is 499 g/mol. The van der Waals surface area contributed by atoms with Crippen LogP contribution in [0.25, 0.3) is 21.8 Å². The highest BCUT2D eigenvalue weighted by atomic mass is 35.5. The van der Waals surface area contributed by atoms with Crippen molar-refractivity contribution >= 4 is 46.6 Å². The van der Waals surface area contributed by atoms with Crippen LogP contribution in [0.3, 0.4) is 0 Å². The van der Waals surface area contributed by atoms with Crippen molar-refractivity contribution < 1.29 is 10.2 Å². The van der Waals surface area contributed by atoms with Crippen molar-refractivity contribution in [2.45, 2.75) is 71.0 Å². The molecule has 0 saturated carbocycles. The number of unbranched alkanes of at least 4 members (excludes halogenated alkanes) is 1. The van der Waals surface area contributed by atoms with Gasteiger partial charge in [-0.2, -0.15) is 0 Å². The zero-order valence-corrected chi connectivity index (χ0v) is 21.5. The number of rotatable bonds is 12. The van der Waals surface area contributed by atoms with Crippen LogP contribution in [-0.4, -0.2) is 40.1 Å². The van der Waals surface area contributed by atoms with E-state index in [-0.39, 0.29) is 50.1 Å². The summed E-state index contributed by atoms with van der Waals surface area (Å²) < 4.78 is 2.47. The van der Waals surface area contributed by atoms with Gasteiger partial charge in [0.2, 0.25) is 0 Å². The molecule has 0 saturated heterocycles. The largest absolute Gasteiger partial charge is 0.395 e. The molecule has 0 fully saturated rings. The number of hydrogen-bond acceptors (Lipinski definition) is 4. The minimum Gasteiger partial charge on any atom is -0.395 e. The van der Waals surface area contributed by atoms with Gasteiger partial charge in [-0.3, -0.25) is 0 Å². The van der Waals surface area contributed by atoms with E-state index in [4.69, 9.17) is 11.5 Å². The Morgan fingerprint density at radius 2 is 1.30 bits per heavy atom. The molecule has 0 aliphatic heterocycles. The van der Waals surface area contributed by atoms with Crippen LogP contribution < -0.4 is 11.5 Å². The third kappa shape index (κ3) is 7.32. The van der Waals surface area contributed by atoms with Gasteiger partial charge >= 0.3 is 0 Å². The van der Waals surface area contributed by atoms with Gasteiger partial charge in [-0.15, -0.1) is 24.8 Å². The van der Waals surface area contributed by atoms with Crippen molar-refractivity contribution in [2.75, 3.05) is 13.2 Å². The molecule has 3 atom stereocenters. The maximum atomic E-state index is 9.36. The molecule has 0 spiro atoms. The van der Waals surface area contributed by atoms with Crippen molar-refractivity contribution in [1.29, 1.82) is 0 Å². The maximum Gasteiger partial charge on any atom is 0.0585 e. The molecule has 1 heterocycles. The molecule has 33 heavy (non-hydrogen) atoms. The van der Waals surface area contributed by atoms with Crippen molar-refractivity contribution in [2.24, 2.45) is 17.4 Å². The van der Waals surface area contributed by atoms with E-state index in [1.54, 1.807) is 0 Å². The molecule has 3 rings (SSSR count). The molecular weight excluding hydrogens is 457 g/mol. The molecule has 0 amide bonds. The Hall–Kier alpha value is -1.34. The minimum atomic E-state index is -0.248. The van der Waals surface area contributed by atoms with E-state index in [1.807, 2.05) is 0 Å². The molecule has 0 aliphatic rings. The second-order valence-electron chi connectivity index (χ2n) is 9.02. The summed E-state index contributed by atoms with van der Waals surface area (Å²) in [6, 6.07) is 12.7. The standard InChI is InChI=1S/C26H39N3O2.2ClH/c1-3-5-6-18(4-2)15-29-25-9-7-19(11-21(27)16-30)13-23(25)24-14-20(8-10-26(24)29)12-22(28)17-31;;/h7-10,13-14,18,21-22,30-31H,3-6,11-12,15-17,27-28H2,1-2H3;2*1H. The van der Waals surface area contributed by atoms with Gasteiger partial charge in [0.05, 0.1) is 13.2 Å². The van der Waals surface area contributed by atoms with E-state index in [1.165, 1.54) is 47.5 Å². The van der Waals surface area contributed by atoms with Crippen molar-refractivity contribution in [3.63, 3.8) is 0 Å². The third-order valence-corrected chi connectivity index (χ3v) is 6.44. The summed E-state index contributed by atoms with van der Waals surface area (Å²) >= 11 is 0. The third-order valence-electron chi connectivity index (χ3n) is 6.44. The summed E-state index contributed by atoms with van der Waals surface area (Å²) in [5, 5.41) is 21.2. The normalized spacial score (nSPS) is 14.0. The van der Waals surface area contributed by atoms with Gasteiger partial charge in [0.1, 0.15) is 0 Å². The molecule has 1 aromatic heterocycles. The topological polar surface area (TPSA) is 97.4 Å². The van der Waals surface area contributed by atoms with Crippen LogP contribution in [0.1, 0.15) is 50.7 Å². The first-order valence-electron chi connectivity index (χ1n) is 11.8. The van der Waals surface area contributed by atoms with Gasteiger partial charge in [0.15, 0.2) is 0 Å². The van der Waals surface area contributed by atoms with E-state index in [2.05, 4.69) is 54.8 Å². The maximum absolute atomic E-state index is 9.36. The quantitative estimate of drug-likeness (QED) is 0.294. The summed E-state index contributed by atoms with van der Waals surface area (Å²) in [6.45, 7) is 5.53. The lowest BCUT2D eigenvalue weighted by Gasteiger charge is -2.17. The van der Waals surface area contributed by atoms with Crippen LogP contribution in [0, 0.1) is 5.92 Å². The number of aliphatic hydroxyl groups is 2. The van der Waals surface area contributed by atoms with E-state index < -0.39 is 0 Å². The molecule has 0 radical (unpaired) electrons. The van der Waals surface area contributed by atoms with Gasteiger partial charge in [0.25, 0.3) is 0 Å². The summed E-state index contributed by atoms with van der Waals surface area (Å²) in [7, 11) is 0. The van der Waals surface area contributed by atoms with Crippen LogP contribution in [0.4, 0.5) is 0 Å². The summed E-state index contributed by atoms with van der Waals surface area (Å²) in [5.41, 5.74) is 16.8. The Balaban J connectivity index is 0.00000272. The van der Waals surface area contributed by atoms with Crippen LogP contribution in [0.15, 0.2) is 36.4 Å². The first-order valence-corrected chi connectivity index (χ1v) is 11.8. The minimum absolute atomic E-state index is 0. The second-order valence-corrected chi connectivity index (χ2v) is 9.02. The Morgan fingerprint density at radius 1 is 0.818 bits per heavy atom. The highest BCUT2D eigenvalue weighted by Gasteiger charge is 2.16. The van der Waals surface area contributed by atoms with Crippen LogP contribution in [-0.2, 0) is 19.4 Å². The molecule has 6 N–H and O–H groups in total. The lowest BCUT2D eigenvalue weighted by atomic mass is 9.99. The Morgan fingerprint density at radius 3 is 1.70 bits per heavy atom. The van der Waals surface area contributed by atoms with Gasteiger partial charge in [0, 0.05) is 40.4 Å². The molecular formula is C26H41Cl2N3O2. The predicted molar refractivity (Wildman–Crippen MR) is 145 cm³/mol. The van der Waals surface area contributed by atoms with Gasteiger partial charge in [-0.1, -0.05) is 45.2 Å². The summed E-state index contributed by atoms with van der Waals surface area (Å²) in [4.78, 5) is 0. The van der Waals surface area contributed by atoms with Crippen LogP contribution in [0.2, 0.25) is 0 Å². The number of fused-ring (bicyclic) bond motifs is 3. The van der Waals surface area contributed by atoms with E-state index in [9.17, 15) is 10.2 Å². The van der Waals surface area contributed by atoms with Crippen molar-refractivity contribution in [1.82, 2.24) is 4.57 Å². The number of aromatic nitrogens is 1. The number of hydrogen-bond donors (Lipinski definition) is 4. The molecule has 3 unspecified atom stereocenters. The fourth-order valence-electron chi connectivity index (χ4n) is 4.56. The zero-order valence-electron chi connectivity index (χ0n) is 19.9. The summed E-state index contributed by atoms with van der Waals surface area (Å²) in [5.74, 6) is 0.656. The Labute approximate surface area is 210 Å². The van der Waals surface area contributed by atoms with Crippen molar-refractivity contribution in [3.05, 3.63) is 47.5 Å². The second kappa shape index (κ2) is 14.1. The van der Waals surface area contributed by atoms with Crippen molar-refractivity contribution in [3.8, 4) is 0 Å². The van der Waals surface area contributed by atoms with Crippen LogP contribution in [0.5, 0.6) is 0 Å². The first kappa shape index (κ1) is 29.7. The summed E-state index contributed by atoms with van der Waals surface area (Å²) in [6.07, 6.45) is 6.23. The van der Waals surface area contributed by atoms with E-state index in [0.717, 1.165) is 17.7 Å². The molecule has 186 valence electrons. The van der Waals surface area contributed by atoms with E-state index in [0.29, 0.717) is 18.8 Å². The molecule has 0 aliphatic carbocycles. The molecule has 0 bridgehead atoms. The highest BCUT2D eigenvalue weighted by molar-refractivity contribution is 6.08. The lowest BCUT2D eigenvalue weighted by Crippen LogP contribution is -2.26. The number of benzene rings is 2. The molecule has 2 aromatic carbocycles. The number of aliphatic hydroxyl groups excluding tert-OH is 2. The monoisotopic (exact) mass is 497 g/mol. The Bertz CT molecular complexity index is 923. The lowest BCUT2D eigenvalue weighted by molar-refractivity contribution is 0.265. The van der Waals surface area contributed by atoms with E-state index >= 15 is 0 Å². The SMILES string of the molecule is CCCCC(CC)Cn1c2ccc(CC(N)CO)cc2c2cc(CC(N)CO)ccc21.Cl.Cl.